The Hall–Kier alpha value is -2.93. The molecule has 2 atom stereocenters. The van der Waals surface area contributed by atoms with Crippen LogP contribution in [0.15, 0.2) is 36.4 Å². The lowest BCUT2D eigenvalue weighted by Crippen LogP contribution is -3.13. The van der Waals surface area contributed by atoms with Gasteiger partial charge >= 0.3 is 0 Å². The second kappa shape index (κ2) is 9.52. The molecule has 2 aromatic carbocycles. The number of quaternary nitrogens is 1. The fourth-order valence-electron chi connectivity index (χ4n) is 3.84. The van der Waals surface area contributed by atoms with E-state index in [0.29, 0.717) is 28.7 Å². The van der Waals surface area contributed by atoms with Gasteiger partial charge in [-0.05, 0) is 30.3 Å². The lowest BCUT2D eigenvalue weighted by atomic mass is 10.1. The number of benzene rings is 2. The van der Waals surface area contributed by atoms with E-state index in [-0.39, 0.29) is 11.9 Å². The Morgan fingerprint density at radius 2 is 1.55 bits per heavy atom. The van der Waals surface area contributed by atoms with Crippen molar-refractivity contribution in [3.8, 4) is 23.0 Å². The highest BCUT2D eigenvalue weighted by Gasteiger charge is 2.35. The molecule has 29 heavy (non-hydrogen) atoms. The first kappa shape index (κ1) is 20.8. The third-order valence-electron chi connectivity index (χ3n) is 5.33. The third kappa shape index (κ3) is 4.74. The van der Waals surface area contributed by atoms with Crippen molar-refractivity contribution in [3.05, 3.63) is 42.0 Å². The Bertz CT molecular complexity index is 855. The molecule has 0 aromatic heterocycles. The van der Waals surface area contributed by atoms with Gasteiger partial charge in [-0.25, -0.2) is 0 Å². The molecule has 0 aliphatic carbocycles. The number of carbonyl (C=O) groups excluding carboxylic acids is 1. The van der Waals surface area contributed by atoms with Crippen LogP contribution in [0, 0.1) is 0 Å². The average molecular weight is 401 g/mol. The van der Waals surface area contributed by atoms with Gasteiger partial charge < -0.3 is 29.2 Å². The SMILES string of the molecule is COc1ccc(C[NH+]2CCCC2C(=O)Nc2ccc(OC)c(OC)c2)cc1OC. The van der Waals surface area contributed by atoms with E-state index in [4.69, 9.17) is 18.9 Å². The number of hydrogen-bond acceptors (Lipinski definition) is 5. The van der Waals surface area contributed by atoms with E-state index < -0.39 is 0 Å². The maximum atomic E-state index is 12.9. The van der Waals surface area contributed by atoms with Crippen molar-refractivity contribution < 1.29 is 28.6 Å². The molecule has 1 amide bonds. The highest BCUT2D eigenvalue weighted by molar-refractivity contribution is 5.94. The van der Waals surface area contributed by atoms with Crippen LogP contribution in [-0.2, 0) is 11.3 Å². The fraction of sp³-hybridized carbons (Fsp3) is 0.409. The number of carbonyl (C=O) groups is 1. The van der Waals surface area contributed by atoms with Crippen LogP contribution in [0.25, 0.3) is 0 Å². The first-order valence-electron chi connectivity index (χ1n) is 9.68. The van der Waals surface area contributed by atoms with Gasteiger partial charge in [-0.15, -0.1) is 0 Å². The molecule has 0 saturated carbocycles. The molecule has 2 aromatic rings. The molecular weight excluding hydrogens is 372 g/mol. The van der Waals surface area contributed by atoms with Crippen molar-refractivity contribution in [1.29, 1.82) is 0 Å². The molecule has 1 heterocycles. The minimum atomic E-state index is -0.101. The number of rotatable bonds is 8. The van der Waals surface area contributed by atoms with Crippen LogP contribution in [0.5, 0.6) is 23.0 Å². The number of nitrogens with one attached hydrogen (secondary N) is 2. The van der Waals surface area contributed by atoms with Crippen molar-refractivity contribution in [2.45, 2.75) is 25.4 Å². The first-order chi connectivity index (χ1) is 14.1. The van der Waals surface area contributed by atoms with Gasteiger partial charge in [-0.2, -0.15) is 0 Å². The van der Waals surface area contributed by atoms with Gasteiger partial charge in [0, 0.05) is 30.2 Å². The zero-order chi connectivity index (χ0) is 20.8. The Morgan fingerprint density at radius 3 is 2.21 bits per heavy atom. The normalized spacial score (nSPS) is 18.2. The molecular formula is C22H29N2O5+. The Kier molecular flexibility index (Phi) is 6.82. The summed E-state index contributed by atoms with van der Waals surface area (Å²) in [7, 11) is 6.42. The van der Waals surface area contributed by atoms with Crippen molar-refractivity contribution in [1.82, 2.24) is 0 Å². The zero-order valence-corrected chi connectivity index (χ0v) is 17.4. The zero-order valence-electron chi connectivity index (χ0n) is 17.4. The molecule has 1 aliphatic rings. The number of hydrogen-bond donors (Lipinski definition) is 2. The Balaban J connectivity index is 1.69. The molecule has 1 aliphatic heterocycles. The number of ether oxygens (including phenoxy) is 4. The predicted molar refractivity (Wildman–Crippen MR) is 110 cm³/mol. The van der Waals surface area contributed by atoms with Crippen LogP contribution < -0.4 is 29.2 Å². The standard InChI is InChI=1S/C22H28N2O5/c1-26-18-9-7-15(12-20(18)28-3)14-24-11-5-6-17(24)22(25)23-16-8-10-19(27-2)21(13-16)29-4/h7-10,12-13,17H,5-6,11,14H2,1-4H3,(H,23,25)/p+1. The fourth-order valence-corrected chi connectivity index (χ4v) is 3.84. The van der Waals surface area contributed by atoms with Crippen LogP contribution in [0.2, 0.25) is 0 Å². The smallest absolute Gasteiger partial charge is 0.282 e. The average Bonchev–Trinajstić information content (AvgIpc) is 3.21. The maximum Gasteiger partial charge on any atom is 0.282 e. The molecule has 1 saturated heterocycles. The van der Waals surface area contributed by atoms with Crippen molar-refractivity contribution in [2.24, 2.45) is 0 Å². The van der Waals surface area contributed by atoms with Gasteiger partial charge in [0.15, 0.2) is 29.0 Å². The highest BCUT2D eigenvalue weighted by Crippen LogP contribution is 2.30. The van der Waals surface area contributed by atoms with Crippen LogP contribution >= 0.6 is 0 Å². The van der Waals surface area contributed by atoms with Crippen molar-refractivity contribution in [3.63, 3.8) is 0 Å². The van der Waals surface area contributed by atoms with Gasteiger partial charge in [0.25, 0.3) is 5.91 Å². The summed E-state index contributed by atoms with van der Waals surface area (Å²) < 4.78 is 21.3. The molecule has 2 unspecified atom stereocenters. The maximum absolute atomic E-state index is 12.9. The van der Waals surface area contributed by atoms with E-state index in [0.717, 1.165) is 31.5 Å². The molecule has 2 N–H and O–H groups in total. The summed E-state index contributed by atoms with van der Waals surface area (Å²) in [5.41, 5.74) is 1.81. The summed E-state index contributed by atoms with van der Waals surface area (Å²) in [5, 5.41) is 3.03. The third-order valence-corrected chi connectivity index (χ3v) is 5.33. The van der Waals surface area contributed by atoms with Gasteiger partial charge in [0.1, 0.15) is 6.54 Å². The van der Waals surface area contributed by atoms with Gasteiger partial charge in [0.05, 0.1) is 35.0 Å². The second-order valence-corrected chi connectivity index (χ2v) is 7.03. The molecule has 1 fully saturated rings. The molecule has 0 spiro atoms. The Labute approximate surface area is 171 Å². The molecule has 7 nitrogen and oxygen atoms in total. The van der Waals surface area contributed by atoms with E-state index in [1.165, 1.54) is 4.90 Å². The quantitative estimate of drug-likeness (QED) is 0.707. The summed E-state index contributed by atoms with van der Waals surface area (Å²) in [5.74, 6) is 2.65. The van der Waals surface area contributed by atoms with Crippen LogP contribution in [0.4, 0.5) is 5.69 Å². The number of methoxy groups -OCH3 is 4. The molecule has 0 bridgehead atoms. The lowest BCUT2D eigenvalue weighted by molar-refractivity contribution is -0.916. The molecule has 156 valence electrons. The van der Waals surface area contributed by atoms with E-state index in [1.807, 2.05) is 24.3 Å². The molecule has 3 rings (SSSR count). The van der Waals surface area contributed by atoms with Crippen LogP contribution in [-0.4, -0.2) is 46.9 Å². The van der Waals surface area contributed by atoms with Crippen LogP contribution in [0.1, 0.15) is 18.4 Å². The number of anilines is 1. The summed E-state index contributed by atoms with van der Waals surface area (Å²) in [4.78, 5) is 14.2. The predicted octanol–water partition coefficient (Wildman–Crippen LogP) is 1.91. The largest absolute Gasteiger partial charge is 0.493 e. The van der Waals surface area contributed by atoms with E-state index in [1.54, 1.807) is 40.6 Å². The van der Waals surface area contributed by atoms with Crippen LogP contribution in [0.3, 0.4) is 0 Å². The highest BCUT2D eigenvalue weighted by atomic mass is 16.5. The summed E-state index contributed by atoms with van der Waals surface area (Å²) in [6, 6.07) is 11.2. The molecule has 0 radical (unpaired) electrons. The van der Waals surface area contributed by atoms with Crippen molar-refractivity contribution >= 4 is 11.6 Å². The summed E-state index contributed by atoms with van der Waals surface area (Å²) in [6.45, 7) is 1.71. The van der Waals surface area contributed by atoms with E-state index in [2.05, 4.69) is 5.32 Å². The minimum absolute atomic E-state index is 0.0187. The van der Waals surface area contributed by atoms with E-state index in [9.17, 15) is 4.79 Å². The Morgan fingerprint density at radius 1 is 0.931 bits per heavy atom. The number of likely N-dealkylation sites (tertiary alicyclic amines) is 1. The first-order valence-corrected chi connectivity index (χ1v) is 9.68. The van der Waals surface area contributed by atoms with Gasteiger partial charge in [-0.3, -0.25) is 4.79 Å². The summed E-state index contributed by atoms with van der Waals surface area (Å²) in [6.07, 6.45) is 1.88. The van der Waals surface area contributed by atoms with Crippen molar-refractivity contribution in [2.75, 3.05) is 40.3 Å². The number of amides is 1. The van der Waals surface area contributed by atoms with E-state index >= 15 is 0 Å². The van der Waals surface area contributed by atoms with Gasteiger partial charge in [-0.1, -0.05) is 0 Å². The topological polar surface area (TPSA) is 70.5 Å². The lowest BCUT2D eigenvalue weighted by Gasteiger charge is -2.21. The monoisotopic (exact) mass is 401 g/mol. The molecule has 7 heteroatoms. The second-order valence-electron chi connectivity index (χ2n) is 7.03. The van der Waals surface area contributed by atoms with Gasteiger partial charge in [0.2, 0.25) is 0 Å². The minimum Gasteiger partial charge on any atom is -0.493 e. The summed E-state index contributed by atoms with van der Waals surface area (Å²) >= 11 is 0.